The minimum Gasteiger partial charge on any atom is -0.358 e. The van der Waals surface area contributed by atoms with Crippen LogP contribution in [-0.4, -0.2) is 10.4 Å². The third-order valence-corrected chi connectivity index (χ3v) is 10.9. The third kappa shape index (κ3) is 3.23. The van der Waals surface area contributed by atoms with E-state index in [0.29, 0.717) is 0 Å². The Morgan fingerprint density at radius 1 is 0.878 bits per heavy atom. The van der Waals surface area contributed by atoms with E-state index in [-0.39, 0.29) is 11.6 Å². The van der Waals surface area contributed by atoms with Gasteiger partial charge in [-0.1, -0.05) is 92.3 Å². The van der Waals surface area contributed by atoms with E-state index < -0.39 is 0 Å². The van der Waals surface area contributed by atoms with Crippen molar-refractivity contribution in [3.63, 3.8) is 0 Å². The second-order valence-electron chi connectivity index (χ2n) is 12.2. The summed E-state index contributed by atoms with van der Waals surface area (Å²) in [7, 11) is 0. The first kappa shape index (κ1) is 23.5. The molecular weight excluding hydrogens is 518 g/mol. The van der Waals surface area contributed by atoms with Crippen LogP contribution in [0, 0.1) is 0 Å². The minimum atomic E-state index is -0.145. The molecule has 0 bridgehead atoms. The molecule has 0 amide bonds. The average Bonchev–Trinajstić information content (AvgIpc) is 3.62. The number of hydrogen-bond donors (Lipinski definition) is 1. The molecule has 0 spiro atoms. The number of thiophene rings is 1. The number of nitrogens with zero attached hydrogens (tertiary/aromatic N) is 2. The Bertz CT molecular complexity index is 2040. The number of anilines is 1. The molecule has 0 saturated heterocycles. The maximum Gasteiger partial charge on any atom is 0.154 e. The first-order valence-corrected chi connectivity index (χ1v) is 15.6. The summed E-state index contributed by atoms with van der Waals surface area (Å²) in [5.74, 6) is 1.05. The summed E-state index contributed by atoms with van der Waals surface area (Å²) in [6.45, 7) is 4.82. The van der Waals surface area contributed by atoms with Gasteiger partial charge >= 0.3 is 0 Å². The molecule has 41 heavy (non-hydrogen) atoms. The summed E-state index contributed by atoms with van der Waals surface area (Å²) in [5.41, 5.74) is 12.1. The van der Waals surface area contributed by atoms with Gasteiger partial charge in [-0.3, -0.25) is 4.57 Å². The summed E-state index contributed by atoms with van der Waals surface area (Å²) >= 11 is 1.92. The molecule has 3 aliphatic carbocycles. The van der Waals surface area contributed by atoms with Crippen molar-refractivity contribution in [1.29, 1.82) is 0 Å². The van der Waals surface area contributed by atoms with Gasteiger partial charge in [-0.05, 0) is 66.1 Å². The molecular formula is C37H31N3S. The lowest BCUT2D eigenvalue weighted by Crippen LogP contribution is -2.23. The molecule has 4 aliphatic rings. The van der Waals surface area contributed by atoms with E-state index in [0.717, 1.165) is 31.5 Å². The third-order valence-electron chi connectivity index (χ3n) is 9.61. The normalized spacial score (nSPS) is 20.0. The Morgan fingerprint density at radius 3 is 2.59 bits per heavy atom. The maximum atomic E-state index is 5.51. The van der Waals surface area contributed by atoms with Crippen molar-refractivity contribution in [2.24, 2.45) is 4.99 Å². The van der Waals surface area contributed by atoms with Crippen molar-refractivity contribution in [2.45, 2.75) is 51.1 Å². The Balaban J connectivity index is 1.36. The van der Waals surface area contributed by atoms with Gasteiger partial charge in [0.1, 0.15) is 6.17 Å². The van der Waals surface area contributed by atoms with E-state index >= 15 is 0 Å². The predicted molar refractivity (Wildman–Crippen MR) is 174 cm³/mol. The van der Waals surface area contributed by atoms with Crippen molar-refractivity contribution >= 4 is 56.3 Å². The van der Waals surface area contributed by atoms with Crippen LogP contribution in [0.25, 0.3) is 33.5 Å². The number of allylic oxidation sites excluding steroid dienone is 5. The van der Waals surface area contributed by atoms with Gasteiger partial charge in [0, 0.05) is 26.6 Å². The van der Waals surface area contributed by atoms with Crippen LogP contribution in [0.4, 0.5) is 5.69 Å². The Labute approximate surface area is 244 Å². The van der Waals surface area contributed by atoms with Gasteiger partial charge in [0.15, 0.2) is 5.84 Å². The average molecular weight is 550 g/mol. The fourth-order valence-electron chi connectivity index (χ4n) is 7.58. The lowest BCUT2D eigenvalue weighted by atomic mass is 9.78. The fraction of sp³-hybridized carbons (Fsp3) is 0.216. The first-order valence-electron chi connectivity index (χ1n) is 14.8. The van der Waals surface area contributed by atoms with Crippen LogP contribution < -0.4 is 5.32 Å². The number of aryl methyl sites for hydroxylation is 1. The minimum absolute atomic E-state index is 0.0454. The summed E-state index contributed by atoms with van der Waals surface area (Å²) < 4.78 is 2.46. The van der Waals surface area contributed by atoms with E-state index in [1.54, 1.807) is 5.57 Å². The number of fused-ring (bicyclic) bond motifs is 8. The Hall–Kier alpha value is -4.15. The molecule has 1 N–H and O–H groups in total. The largest absolute Gasteiger partial charge is 0.358 e. The van der Waals surface area contributed by atoms with Crippen molar-refractivity contribution in [2.75, 3.05) is 5.32 Å². The molecule has 9 rings (SSSR count). The molecule has 1 aliphatic heterocycles. The zero-order chi connectivity index (χ0) is 27.3. The van der Waals surface area contributed by atoms with Crippen molar-refractivity contribution in [1.82, 2.24) is 4.57 Å². The number of hydrogen-bond acceptors (Lipinski definition) is 3. The van der Waals surface area contributed by atoms with E-state index in [2.05, 4.69) is 115 Å². The van der Waals surface area contributed by atoms with Crippen LogP contribution in [0.3, 0.4) is 0 Å². The van der Waals surface area contributed by atoms with Crippen molar-refractivity contribution < 1.29 is 0 Å². The van der Waals surface area contributed by atoms with E-state index in [9.17, 15) is 0 Å². The lowest BCUT2D eigenvalue weighted by molar-refractivity contribution is 0.608. The Kier molecular flexibility index (Phi) is 4.84. The number of nitrogens with one attached hydrogen (secondary N) is 1. The monoisotopic (exact) mass is 549 g/mol. The zero-order valence-corrected chi connectivity index (χ0v) is 24.2. The highest BCUT2D eigenvalue weighted by molar-refractivity contribution is 7.15. The van der Waals surface area contributed by atoms with E-state index in [1.807, 2.05) is 11.3 Å². The Morgan fingerprint density at radius 2 is 1.68 bits per heavy atom. The second-order valence-corrected chi connectivity index (χ2v) is 13.3. The highest BCUT2D eigenvalue weighted by Gasteiger charge is 2.38. The van der Waals surface area contributed by atoms with Gasteiger partial charge in [-0.2, -0.15) is 0 Å². The summed E-state index contributed by atoms with van der Waals surface area (Å²) in [4.78, 5) is 8.21. The molecule has 5 aromatic rings. The van der Waals surface area contributed by atoms with Crippen LogP contribution in [0.1, 0.15) is 71.3 Å². The molecule has 1 unspecified atom stereocenters. The van der Waals surface area contributed by atoms with Gasteiger partial charge in [0.05, 0.1) is 21.6 Å². The van der Waals surface area contributed by atoms with Crippen LogP contribution in [0.15, 0.2) is 95.5 Å². The van der Waals surface area contributed by atoms with Gasteiger partial charge in [0.2, 0.25) is 0 Å². The number of benzene rings is 3. The summed E-state index contributed by atoms with van der Waals surface area (Å²) in [5, 5.41) is 6.45. The lowest BCUT2D eigenvalue weighted by Gasteiger charge is -2.26. The molecule has 0 saturated carbocycles. The highest BCUT2D eigenvalue weighted by Crippen LogP contribution is 2.52. The van der Waals surface area contributed by atoms with Gasteiger partial charge < -0.3 is 5.32 Å². The molecule has 4 heteroatoms. The number of aliphatic imine (C=N–C) groups is 1. The number of rotatable bonds is 1. The summed E-state index contributed by atoms with van der Waals surface area (Å²) in [6, 6.07) is 24.5. The number of aromatic nitrogens is 1. The van der Waals surface area contributed by atoms with Gasteiger partial charge in [-0.15, -0.1) is 11.3 Å². The predicted octanol–water partition coefficient (Wildman–Crippen LogP) is 9.63. The van der Waals surface area contributed by atoms with Crippen molar-refractivity contribution in [3.05, 3.63) is 123 Å². The first-order chi connectivity index (χ1) is 20.1. The number of para-hydroxylation sites is 1. The van der Waals surface area contributed by atoms with Crippen LogP contribution in [0.5, 0.6) is 0 Å². The molecule has 3 aromatic carbocycles. The molecule has 0 fully saturated rings. The topological polar surface area (TPSA) is 29.3 Å². The summed E-state index contributed by atoms with van der Waals surface area (Å²) in [6.07, 6.45) is 13.7. The molecule has 3 heterocycles. The molecule has 3 nitrogen and oxygen atoms in total. The van der Waals surface area contributed by atoms with E-state index in [1.165, 1.54) is 65.1 Å². The SMILES string of the molecule is CC1(C)C2=C(C=CCC2)c2cc3c(cc21)c1ccccc1n3C1=NC(c2ccccc2)Nc2c1sc1c2C=CCC1. The van der Waals surface area contributed by atoms with Gasteiger partial charge in [0.25, 0.3) is 0 Å². The van der Waals surface area contributed by atoms with Crippen LogP contribution in [0.2, 0.25) is 0 Å². The standard InChI is InChI=1S/C37H31N3S/c1-37(2)28-17-9-6-14-23(28)26-21-31-27(20-29(26)37)24-15-7-10-18-30(24)40(31)36-34-33(25-16-8-11-19-32(25)41-34)38-35(39-36)22-12-4-3-5-13-22/h3-8,10,12-16,18,20-21,35,38H,9,11,17,19H2,1-2H3. The fourth-order valence-corrected chi connectivity index (χ4v) is 8.84. The smallest absolute Gasteiger partial charge is 0.154 e. The van der Waals surface area contributed by atoms with Crippen LogP contribution >= 0.6 is 11.3 Å². The molecule has 200 valence electrons. The molecule has 2 aromatic heterocycles. The maximum absolute atomic E-state index is 5.51. The zero-order valence-electron chi connectivity index (χ0n) is 23.4. The van der Waals surface area contributed by atoms with Crippen LogP contribution in [-0.2, 0) is 11.8 Å². The second kappa shape index (κ2) is 8.43. The van der Waals surface area contributed by atoms with Gasteiger partial charge in [-0.25, -0.2) is 4.99 Å². The van der Waals surface area contributed by atoms with Crippen molar-refractivity contribution in [3.8, 4) is 0 Å². The highest BCUT2D eigenvalue weighted by atomic mass is 32.1. The van der Waals surface area contributed by atoms with E-state index in [4.69, 9.17) is 4.99 Å². The quantitative estimate of drug-likeness (QED) is 0.222. The molecule has 1 atom stereocenters. The molecule has 0 radical (unpaired) electrons.